The lowest BCUT2D eigenvalue weighted by atomic mass is 9.41. The topological polar surface area (TPSA) is 142 Å². The molecule has 206 valence electrons. The highest BCUT2D eigenvalue weighted by Gasteiger charge is 2.71. The molecule has 0 aromatic carbocycles. The van der Waals surface area contributed by atoms with E-state index >= 15 is 0 Å². The van der Waals surface area contributed by atoms with Gasteiger partial charge in [0.15, 0.2) is 0 Å². The van der Waals surface area contributed by atoms with E-state index in [1.54, 1.807) is 25.3 Å². The second kappa shape index (κ2) is 8.76. The van der Waals surface area contributed by atoms with Crippen LogP contribution < -0.4 is 5.43 Å². The molecule has 9 heteroatoms. The number of carbonyl (C=O) groups is 2. The molecule has 5 unspecified atom stereocenters. The molecule has 6 rings (SSSR count). The molecule has 9 nitrogen and oxygen atoms in total. The number of carbonyl (C=O) groups excluding carboxylic acids is 2. The molecule has 1 aromatic heterocycles. The van der Waals surface area contributed by atoms with Crippen LogP contribution in [0.25, 0.3) is 0 Å². The quantitative estimate of drug-likeness (QED) is 0.268. The number of nitrogens with one attached hydrogen (secondary N) is 1. The number of amides is 1. The van der Waals surface area contributed by atoms with Crippen molar-refractivity contribution in [3.05, 3.63) is 35.3 Å². The van der Waals surface area contributed by atoms with E-state index in [0.29, 0.717) is 50.0 Å². The third-order valence-electron chi connectivity index (χ3n) is 11.2. The summed E-state index contributed by atoms with van der Waals surface area (Å²) in [6.45, 7) is 4.17. The van der Waals surface area contributed by atoms with Crippen molar-refractivity contribution in [1.29, 1.82) is 0 Å². The van der Waals surface area contributed by atoms with E-state index in [0.717, 1.165) is 24.8 Å². The number of furan rings is 1. The first-order chi connectivity index (χ1) is 18.0. The first-order valence-corrected chi connectivity index (χ1v) is 13.9. The van der Waals surface area contributed by atoms with Crippen LogP contribution in [0.5, 0.6) is 0 Å². The number of nitrogens with zero attached hydrogens (tertiary/aromatic N) is 1. The summed E-state index contributed by atoms with van der Waals surface area (Å²) in [5, 5.41) is 39.4. The van der Waals surface area contributed by atoms with E-state index in [-0.39, 0.29) is 36.1 Å². The van der Waals surface area contributed by atoms with Gasteiger partial charge in [-0.15, -0.1) is 0 Å². The predicted octanol–water partition coefficient (Wildman–Crippen LogP) is 3.02. The van der Waals surface area contributed by atoms with Gasteiger partial charge in [0.1, 0.15) is 12.4 Å². The number of aliphatic hydroxyl groups excluding tert-OH is 1. The van der Waals surface area contributed by atoms with Gasteiger partial charge in [0, 0.05) is 29.5 Å². The Balaban J connectivity index is 1.33. The van der Waals surface area contributed by atoms with Crippen LogP contribution in [0.3, 0.4) is 0 Å². The van der Waals surface area contributed by atoms with Crippen LogP contribution in [-0.2, 0) is 9.53 Å². The number of rotatable bonds is 4. The highest BCUT2D eigenvalue weighted by atomic mass is 16.5. The molecule has 4 aliphatic carbocycles. The smallest absolute Gasteiger partial charge is 0.331 e. The third kappa shape index (κ3) is 3.51. The fourth-order valence-corrected chi connectivity index (χ4v) is 9.25. The van der Waals surface area contributed by atoms with Gasteiger partial charge in [0.2, 0.25) is 0 Å². The summed E-state index contributed by atoms with van der Waals surface area (Å²) >= 11 is 0. The minimum Gasteiger partial charge on any atom is -0.469 e. The van der Waals surface area contributed by atoms with E-state index in [4.69, 9.17) is 9.15 Å². The number of aryl methyl sites for hydroxylation is 1. The van der Waals surface area contributed by atoms with Crippen molar-refractivity contribution >= 4 is 18.1 Å². The molecular weight excluding hydrogens is 488 g/mol. The highest BCUT2D eigenvalue weighted by Crippen LogP contribution is 2.70. The van der Waals surface area contributed by atoms with Crippen molar-refractivity contribution in [3.8, 4) is 0 Å². The van der Waals surface area contributed by atoms with Gasteiger partial charge in [-0.1, -0.05) is 6.92 Å². The van der Waals surface area contributed by atoms with Crippen molar-refractivity contribution in [3.63, 3.8) is 0 Å². The Kier molecular flexibility index (Phi) is 5.94. The fourth-order valence-electron chi connectivity index (χ4n) is 9.25. The zero-order valence-corrected chi connectivity index (χ0v) is 22.1. The molecule has 5 aliphatic rings. The van der Waals surface area contributed by atoms with Crippen molar-refractivity contribution in [2.45, 2.75) is 88.9 Å². The average Bonchev–Trinajstić information content (AvgIpc) is 3.56. The first kappa shape index (κ1) is 25.8. The summed E-state index contributed by atoms with van der Waals surface area (Å²) in [5.74, 6) is -0.239. The maximum Gasteiger partial charge on any atom is 0.331 e. The Morgan fingerprint density at radius 1 is 1.13 bits per heavy atom. The van der Waals surface area contributed by atoms with E-state index in [9.17, 15) is 24.9 Å². The SMILES string of the molecule is Cc1occc1C(=O)N/N=C/C12CC[C@@H](O)CC1(O)CC[C@@H]1[C@@H]2CCC2(C)C(C3=CC(=O)OC3)CCC12O. The largest absolute Gasteiger partial charge is 0.469 e. The lowest BCUT2D eigenvalue weighted by Gasteiger charge is -2.65. The van der Waals surface area contributed by atoms with Crippen LogP contribution in [-0.4, -0.2) is 57.3 Å². The molecule has 1 aromatic rings. The van der Waals surface area contributed by atoms with E-state index in [1.807, 2.05) is 0 Å². The second-order valence-corrected chi connectivity index (χ2v) is 12.6. The lowest BCUT2D eigenvalue weighted by molar-refractivity contribution is -0.237. The van der Waals surface area contributed by atoms with Gasteiger partial charge < -0.3 is 24.5 Å². The first-order valence-electron chi connectivity index (χ1n) is 13.9. The van der Waals surface area contributed by atoms with Crippen molar-refractivity contribution in [2.24, 2.45) is 33.7 Å². The van der Waals surface area contributed by atoms with E-state index < -0.39 is 28.1 Å². The van der Waals surface area contributed by atoms with Crippen molar-refractivity contribution < 1.29 is 34.1 Å². The summed E-state index contributed by atoms with van der Waals surface area (Å²) in [6, 6.07) is 1.59. The summed E-state index contributed by atoms with van der Waals surface area (Å²) in [5.41, 5.74) is 0.682. The van der Waals surface area contributed by atoms with Gasteiger partial charge in [0.25, 0.3) is 5.91 Å². The zero-order chi connectivity index (χ0) is 26.9. The summed E-state index contributed by atoms with van der Waals surface area (Å²) in [6.07, 6.45) is 9.53. The third-order valence-corrected chi connectivity index (χ3v) is 11.2. The van der Waals surface area contributed by atoms with E-state index in [2.05, 4.69) is 17.5 Å². The number of ether oxygens (including phenoxy) is 1. The predicted molar refractivity (Wildman–Crippen MR) is 137 cm³/mol. The van der Waals surface area contributed by atoms with E-state index in [1.165, 1.54) is 6.26 Å². The van der Waals surface area contributed by atoms with Gasteiger partial charge >= 0.3 is 5.97 Å². The zero-order valence-electron chi connectivity index (χ0n) is 22.1. The normalized spacial score (nSPS) is 44.2. The maximum atomic E-state index is 12.7. The lowest BCUT2D eigenvalue weighted by Crippen LogP contribution is -2.68. The Morgan fingerprint density at radius 2 is 1.92 bits per heavy atom. The molecule has 1 amide bonds. The van der Waals surface area contributed by atoms with Crippen LogP contribution in [0, 0.1) is 35.5 Å². The van der Waals surface area contributed by atoms with Crippen LogP contribution >= 0.6 is 0 Å². The van der Waals surface area contributed by atoms with Gasteiger partial charge in [0.05, 0.1) is 29.1 Å². The molecule has 4 N–H and O–H groups in total. The fraction of sp³-hybridized carbons (Fsp3) is 0.690. The Morgan fingerprint density at radius 3 is 2.63 bits per heavy atom. The molecule has 38 heavy (non-hydrogen) atoms. The van der Waals surface area contributed by atoms with Crippen LogP contribution in [0.15, 0.2) is 33.5 Å². The van der Waals surface area contributed by atoms with Crippen LogP contribution in [0.4, 0.5) is 0 Å². The minimum atomic E-state index is -1.18. The monoisotopic (exact) mass is 526 g/mol. The molecular formula is C29H38N2O7. The number of fused-ring (bicyclic) bond motifs is 5. The number of aliphatic hydroxyl groups is 3. The average molecular weight is 527 g/mol. The number of hydrogen-bond acceptors (Lipinski definition) is 8. The molecule has 0 saturated heterocycles. The summed E-state index contributed by atoms with van der Waals surface area (Å²) in [4.78, 5) is 24.5. The minimum absolute atomic E-state index is 0.0580. The van der Waals surface area contributed by atoms with Crippen LogP contribution in [0.2, 0.25) is 0 Å². The van der Waals surface area contributed by atoms with Crippen molar-refractivity contribution in [2.75, 3.05) is 6.61 Å². The standard InChI is InChI=1S/C29H38N2O7/c1-17-20(7-12-37-17)25(34)31-30-16-27-9-3-19(32)14-28(27,35)10-5-23-22(27)4-8-26(2)21(6-11-29(23,26)36)18-13-24(33)38-15-18/h7,12-13,16,19,21-23,32,35-36H,3-6,8-11,14-15H2,1-2H3,(H,31,34)/b30-16+/t19-,21?,22+,23-,26?,27?,28?,29?/m1/s1. The molecule has 4 saturated carbocycles. The number of cyclic esters (lactones) is 1. The Labute approximate surface area is 222 Å². The molecule has 8 atom stereocenters. The molecule has 2 heterocycles. The number of esters is 1. The Bertz CT molecular complexity index is 1210. The van der Waals surface area contributed by atoms with Gasteiger partial charge in [-0.3, -0.25) is 4.79 Å². The molecule has 0 spiro atoms. The molecule has 0 radical (unpaired) electrons. The molecule has 4 fully saturated rings. The number of hydrogen-bond donors (Lipinski definition) is 4. The van der Waals surface area contributed by atoms with Crippen molar-refractivity contribution in [1.82, 2.24) is 5.43 Å². The maximum absolute atomic E-state index is 12.7. The van der Waals surface area contributed by atoms with Crippen LogP contribution in [0.1, 0.15) is 80.8 Å². The summed E-state index contributed by atoms with van der Waals surface area (Å²) in [7, 11) is 0. The second-order valence-electron chi connectivity index (χ2n) is 12.6. The number of hydrazone groups is 1. The Hall–Kier alpha value is -2.49. The summed E-state index contributed by atoms with van der Waals surface area (Å²) < 4.78 is 10.5. The highest BCUT2D eigenvalue weighted by molar-refractivity contribution is 5.95. The van der Waals surface area contributed by atoms with Gasteiger partial charge in [-0.05, 0) is 87.7 Å². The molecule has 1 aliphatic heterocycles. The van der Waals surface area contributed by atoms with Gasteiger partial charge in [-0.2, -0.15) is 5.10 Å². The molecule has 0 bridgehead atoms. The van der Waals surface area contributed by atoms with Gasteiger partial charge in [-0.25, -0.2) is 10.2 Å².